The molecule has 2 rings (SSSR count). The Labute approximate surface area is 74.9 Å². The van der Waals surface area contributed by atoms with Gasteiger partial charge in [-0.3, -0.25) is 0 Å². The van der Waals surface area contributed by atoms with Crippen molar-refractivity contribution in [2.24, 2.45) is 17.1 Å². The predicted molar refractivity (Wildman–Crippen MR) is 50.9 cm³/mol. The molecular formula is C10H20N2. The zero-order valence-electron chi connectivity index (χ0n) is 7.97. The van der Waals surface area contributed by atoms with Crippen LogP contribution in [-0.2, 0) is 0 Å². The van der Waals surface area contributed by atoms with Gasteiger partial charge in [-0.05, 0) is 50.5 Å². The van der Waals surface area contributed by atoms with Crippen molar-refractivity contribution in [3.05, 3.63) is 0 Å². The van der Waals surface area contributed by atoms with E-state index in [1.165, 1.54) is 38.8 Å². The maximum absolute atomic E-state index is 5.74. The van der Waals surface area contributed by atoms with E-state index in [1.807, 2.05) is 0 Å². The molecule has 0 aromatic carbocycles. The molecule has 2 aliphatic rings. The Morgan fingerprint density at radius 3 is 3.08 bits per heavy atom. The normalized spacial score (nSPS) is 42.0. The van der Waals surface area contributed by atoms with Crippen LogP contribution in [-0.4, -0.2) is 19.1 Å². The highest BCUT2D eigenvalue weighted by molar-refractivity contribution is 5.06. The summed E-state index contributed by atoms with van der Waals surface area (Å²) in [5, 5.41) is 3.46. The maximum Gasteiger partial charge on any atom is 0.00111 e. The fourth-order valence-electron chi connectivity index (χ4n) is 2.59. The van der Waals surface area contributed by atoms with Crippen molar-refractivity contribution >= 4 is 0 Å². The van der Waals surface area contributed by atoms with Gasteiger partial charge in [-0.2, -0.15) is 0 Å². The molecule has 3 unspecified atom stereocenters. The summed E-state index contributed by atoms with van der Waals surface area (Å²) in [6.07, 6.45) is 5.45. The predicted octanol–water partition coefficient (Wildman–Crippen LogP) is 1.11. The van der Waals surface area contributed by atoms with Crippen molar-refractivity contribution in [1.29, 1.82) is 0 Å². The third-order valence-electron chi connectivity index (χ3n) is 3.61. The quantitative estimate of drug-likeness (QED) is 0.662. The lowest BCUT2D eigenvalue weighted by Crippen LogP contribution is -2.16. The number of nitrogens with two attached hydrogens (primary N) is 1. The molecule has 0 bridgehead atoms. The zero-order chi connectivity index (χ0) is 8.60. The van der Waals surface area contributed by atoms with E-state index < -0.39 is 0 Å². The minimum absolute atomic E-state index is 0.400. The van der Waals surface area contributed by atoms with Gasteiger partial charge in [0.05, 0.1) is 0 Å². The highest BCUT2D eigenvalue weighted by Gasteiger charge is 2.54. The van der Waals surface area contributed by atoms with Crippen molar-refractivity contribution in [3.8, 4) is 0 Å². The lowest BCUT2D eigenvalue weighted by Gasteiger charge is -2.08. The lowest BCUT2D eigenvalue weighted by molar-refractivity contribution is 0.461. The van der Waals surface area contributed by atoms with Crippen LogP contribution in [0.1, 0.15) is 32.6 Å². The van der Waals surface area contributed by atoms with Crippen LogP contribution >= 0.6 is 0 Å². The third-order valence-corrected chi connectivity index (χ3v) is 3.61. The average molecular weight is 168 g/mol. The van der Waals surface area contributed by atoms with Gasteiger partial charge >= 0.3 is 0 Å². The van der Waals surface area contributed by atoms with E-state index in [2.05, 4.69) is 12.2 Å². The number of hydrogen-bond donors (Lipinski definition) is 2. The summed E-state index contributed by atoms with van der Waals surface area (Å²) in [7, 11) is 0. The van der Waals surface area contributed by atoms with Gasteiger partial charge < -0.3 is 11.1 Å². The highest BCUT2D eigenvalue weighted by atomic mass is 14.9. The molecule has 0 radical (unpaired) electrons. The van der Waals surface area contributed by atoms with Crippen LogP contribution in [0.5, 0.6) is 0 Å². The Balaban J connectivity index is 1.72. The van der Waals surface area contributed by atoms with Gasteiger partial charge in [-0.1, -0.05) is 0 Å². The van der Waals surface area contributed by atoms with Crippen LogP contribution in [0.4, 0.5) is 0 Å². The Bertz CT molecular complexity index is 159. The summed E-state index contributed by atoms with van der Waals surface area (Å²) < 4.78 is 0. The molecule has 3 atom stereocenters. The van der Waals surface area contributed by atoms with Gasteiger partial charge in [0.25, 0.3) is 0 Å². The Morgan fingerprint density at radius 2 is 2.50 bits per heavy atom. The molecule has 0 amide bonds. The van der Waals surface area contributed by atoms with Crippen LogP contribution in [0.25, 0.3) is 0 Å². The van der Waals surface area contributed by atoms with Crippen LogP contribution < -0.4 is 11.1 Å². The second-order valence-electron chi connectivity index (χ2n) is 4.74. The van der Waals surface area contributed by atoms with Crippen LogP contribution in [0.2, 0.25) is 0 Å². The summed E-state index contributed by atoms with van der Waals surface area (Å²) in [6.45, 7) is 4.63. The van der Waals surface area contributed by atoms with E-state index in [4.69, 9.17) is 5.73 Å². The van der Waals surface area contributed by atoms with Crippen molar-refractivity contribution in [1.82, 2.24) is 5.32 Å². The third kappa shape index (κ3) is 1.50. The summed E-state index contributed by atoms with van der Waals surface area (Å²) in [5.41, 5.74) is 6.47. The first-order valence-electron chi connectivity index (χ1n) is 5.19. The molecule has 3 N–H and O–H groups in total. The van der Waals surface area contributed by atoms with Crippen LogP contribution in [0.3, 0.4) is 0 Å². The number of nitrogens with one attached hydrogen (secondary N) is 1. The lowest BCUT2D eigenvalue weighted by atomic mass is 9.99. The Hall–Kier alpha value is -0.0800. The molecule has 2 heteroatoms. The Kier molecular flexibility index (Phi) is 2.13. The molecule has 2 nitrogen and oxygen atoms in total. The molecule has 1 spiro atoms. The second-order valence-corrected chi connectivity index (χ2v) is 4.74. The SMILES string of the molecule is CC(N)CCC1CC12CCNC2. The van der Waals surface area contributed by atoms with Gasteiger partial charge in [0.15, 0.2) is 0 Å². The molecule has 1 heterocycles. The summed E-state index contributed by atoms with van der Waals surface area (Å²) in [5.74, 6) is 0.999. The maximum atomic E-state index is 5.74. The first kappa shape index (κ1) is 8.52. The van der Waals surface area contributed by atoms with Gasteiger partial charge in [-0.15, -0.1) is 0 Å². The van der Waals surface area contributed by atoms with E-state index in [-0.39, 0.29) is 0 Å². The van der Waals surface area contributed by atoms with Crippen LogP contribution in [0, 0.1) is 11.3 Å². The van der Waals surface area contributed by atoms with Gasteiger partial charge in [0.1, 0.15) is 0 Å². The molecule has 1 aliphatic carbocycles. The molecule has 2 fully saturated rings. The Morgan fingerprint density at radius 1 is 1.67 bits per heavy atom. The molecular weight excluding hydrogens is 148 g/mol. The van der Waals surface area contributed by atoms with E-state index in [1.54, 1.807) is 0 Å². The summed E-state index contributed by atoms with van der Waals surface area (Å²) in [4.78, 5) is 0. The average Bonchev–Trinajstić information content (AvgIpc) is 2.42. The van der Waals surface area contributed by atoms with E-state index in [0.29, 0.717) is 6.04 Å². The minimum Gasteiger partial charge on any atom is -0.328 e. The highest BCUT2D eigenvalue weighted by Crippen LogP contribution is 2.58. The van der Waals surface area contributed by atoms with Crippen molar-refractivity contribution in [3.63, 3.8) is 0 Å². The van der Waals surface area contributed by atoms with Gasteiger partial charge in [0.2, 0.25) is 0 Å². The molecule has 1 saturated heterocycles. The first-order chi connectivity index (χ1) is 5.73. The van der Waals surface area contributed by atoms with E-state index >= 15 is 0 Å². The number of rotatable bonds is 3. The smallest absolute Gasteiger partial charge is 0.00111 e. The second kappa shape index (κ2) is 3.00. The summed E-state index contributed by atoms with van der Waals surface area (Å²) in [6, 6.07) is 0.400. The monoisotopic (exact) mass is 168 g/mol. The standard InChI is InChI=1S/C10H20N2/c1-8(11)2-3-9-6-10(9)4-5-12-7-10/h8-9,12H,2-7,11H2,1H3. The first-order valence-corrected chi connectivity index (χ1v) is 5.19. The zero-order valence-corrected chi connectivity index (χ0v) is 7.97. The fourth-order valence-corrected chi connectivity index (χ4v) is 2.59. The molecule has 1 saturated carbocycles. The van der Waals surface area contributed by atoms with Gasteiger partial charge in [0, 0.05) is 12.6 Å². The molecule has 0 aromatic heterocycles. The molecule has 70 valence electrons. The topological polar surface area (TPSA) is 38.0 Å². The summed E-state index contributed by atoms with van der Waals surface area (Å²) >= 11 is 0. The molecule has 12 heavy (non-hydrogen) atoms. The number of hydrogen-bond acceptors (Lipinski definition) is 2. The van der Waals surface area contributed by atoms with Crippen LogP contribution in [0.15, 0.2) is 0 Å². The van der Waals surface area contributed by atoms with Crippen molar-refractivity contribution in [2.75, 3.05) is 13.1 Å². The van der Waals surface area contributed by atoms with E-state index in [0.717, 1.165) is 11.3 Å². The van der Waals surface area contributed by atoms with E-state index in [9.17, 15) is 0 Å². The van der Waals surface area contributed by atoms with Crippen molar-refractivity contribution in [2.45, 2.75) is 38.6 Å². The van der Waals surface area contributed by atoms with Gasteiger partial charge in [-0.25, -0.2) is 0 Å². The largest absolute Gasteiger partial charge is 0.328 e. The minimum atomic E-state index is 0.400. The fraction of sp³-hybridized carbons (Fsp3) is 1.00. The molecule has 1 aliphatic heterocycles. The molecule has 0 aromatic rings. The van der Waals surface area contributed by atoms with Crippen molar-refractivity contribution < 1.29 is 0 Å².